The zero-order valence-electron chi connectivity index (χ0n) is 10.8. The molecule has 1 heterocycles. The predicted molar refractivity (Wildman–Crippen MR) is 66.1 cm³/mol. The van der Waals surface area contributed by atoms with Crippen LogP contribution < -0.4 is 9.47 Å². The maximum Gasteiger partial charge on any atom is 0.229 e. The summed E-state index contributed by atoms with van der Waals surface area (Å²) in [4.78, 5) is 0. The summed E-state index contributed by atoms with van der Waals surface area (Å²) in [6.45, 7) is 1.79. The van der Waals surface area contributed by atoms with E-state index in [1.807, 2.05) is 13.0 Å². The number of aryl methyl sites for hydroxylation is 1. The number of rotatable bonds is 3. The first kappa shape index (κ1) is 14.1. The molecule has 1 fully saturated rings. The van der Waals surface area contributed by atoms with Gasteiger partial charge in [0, 0.05) is 0 Å². The van der Waals surface area contributed by atoms with Gasteiger partial charge in [0.15, 0.2) is 11.5 Å². The quantitative estimate of drug-likeness (QED) is 0.706. The van der Waals surface area contributed by atoms with Gasteiger partial charge in [-0.3, -0.25) is 0 Å². The minimum absolute atomic E-state index is 0.100. The third kappa shape index (κ3) is 2.98. The lowest BCUT2D eigenvalue weighted by Gasteiger charge is -2.35. The van der Waals surface area contributed by atoms with Crippen molar-refractivity contribution in [2.45, 2.75) is 31.5 Å². The highest BCUT2D eigenvalue weighted by Crippen LogP contribution is 2.30. The second-order valence-corrected chi connectivity index (χ2v) is 4.52. The van der Waals surface area contributed by atoms with Crippen molar-refractivity contribution in [1.82, 2.24) is 0 Å². The summed E-state index contributed by atoms with van der Waals surface area (Å²) in [5, 5.41) is 28.7. The molecule has 0 spiro atoms. The average molecular weight is 270 g/mol. The number of aliphatic hydroxyl groups is 3. The van der Waals surface area contributed by atoms with Gasteiger partial charge in [0.2, 0.25) is 6.29 Å². The Kier molecular flexibility index (Phi) is 4.26. The first-order valence-corrected chi connectivity index (χ1v) is 6.00. The second-order valence-electron chi connectivity index (χ2n) is 4.52. The number of aliphatic hydroxyl groups excluding tert-OH is 3. The Balaban J connectivity index is 2.14. The Morgan fingerprint density at radius 3 is 2.58 bits per heavy atom. The summed E-state index contributed by atoms with van der Waals surface area (Å²) in [7, 11) is 1.51. The Morgan fingerprint density at radius 2 is 1.89 bits per heavy atom. The molecular formula is C13H18O6. The number of methoxy groups -OCH3 is 1. The first-order valence-electron chi connectivity index (χ1n) is 6.00. The van der Waals surface area contributed by atoms with Crippen molar-refractivity contribution >= 4 is 0 Å². The van der Waals surface area contributed by atoms with Crippen LogP contribution in [0.5, 0.6) is 11.5 Å². The van der Waals surface area contributed by atoms with E-state index in [0.29, 0.717) is 11.5 Å². The normalized spacial score (nSPS) is 31.0. The van der Waals surface area contributed by atoms with Gasteiger partial charge in [-0.15, -0.1) is 0 Å². The molecule has 0 bridgehead atoms. The van der Waals surface area contributed by atoms with Crippen molar-refractivity contribution in [3.8, 4) is 11.5 Å². The maximum atomic E-state index is 9.80. The van der Waals surface area contributed by atoms with Crippen LogP contribution >= 0.6 is 0 Å². The van der Waals surface area contributed by atoms with E-state index in [-0.39, 0.29) is 6.61 Å². The molecule has 19 heavy (non-hydrogen) atoms. The van der Waals surface area contributed by atoms with E-state index in [1.165, 1.54) is 7.11 Å². The molecule has 0 aromatic heterocycles. The van der Waals surface area contributed by atoms with E-state index in [4.69, 9.17) is 14.2 Å². The summed E-state index contributed by atoms with van der Waals surface area (Å²) in [6, 6.07) is 5.35. The van der Waals surface area contributed by atoms with Gasteiger partial charge in [-0.1, -0.05) is 6.07 Å². The fourth-order valence-corrected chi connectivity index (χ4v) is 1.88. The van der Waals surface area contributed by atoms with Crippen LogP contribution in [0.15, 0.2) is 18.2 Å². The SMILES string of the molecule is COc1ccc(C)cc1O[C@@H]1OC[C@@H](O)[C@H](O)[C@H]1O. The highest BCUT2D eigenvalue weighted by Gasteiger charge is 2.39. The van der Waals surface area contributed by atoms with Gasteiger partial charge >= 0.3 is 0 Å². The van der Waals surface area contributed by atoms with E-state index < -0.39 is 24.6 Å². The Labute approximate surface area is 111 Å². The molecule has 1 aromatic carbocycles. The molecule has 0 amide bonds. The summed E-state index contributed by atoms with van der Waals surface area (Å²) in [5.41, 5.74) is 0.960. The van der Waals surface area contributed by atoms with Crippen molar-refractivity contribution in [1.29, 1.82) is 0 Å². The van der Waals surface area contributed by atoms with Crippen molar-refractivity contribution in [3.63, 3.8) is 0 Å². The number of benzene rings is 1. The molecule has 1 aromatic rings. The molecular weight excluding hydrogens is 252 g/mol. The van der Waals surface area contributed by atoms with Crippen LogP contribution in [-0.4, -0.2) is 53.6 Å². The fraction of sp³-hybridized carbons (Fsp3) is 0.538. The monoisotopic (exact) mass is 270 g/mol. The minimum Gasteiger partial charge on any atom is -0.493 e. The molecule has 0 saturated carbocycles. The van der Waals surface area contributed by atoms with Crippen molar-refractivity contribution in [3.05, 3.63) is 23.8 Å². The van der Waals surface area contributed by atoms with E-state index >= 15 is 0 Å². The molecule has 1 saturated heterocycles. The zero-order valence-corrected chi connectivity index (χ0v) is 10.8. The van der Waals surface area contributed by atoms with Crippen LogP contribution in [0.2, 0.25) is 0 Å². The fourth-order valence-electron chi connectivity index (χ4n) is 1.88. The highest BCUT2D eigenvalue weighted by molar-refractivity contribution is 5.42. The highest BCUT2D eigenvalue weighted by atomic mass is 16.7. The molecule has 106 valence electrons. The van der Waals surface area contributed by atoms with Gasteiger partial charge in [-0.2, -0.15) is 0 Å². The number of hydrogen-bond acceptors (Lipinski definition) is 6. The van der Waals surface area contributed by atoms with Crippen LogP contribution in [0, 0.1) is 6.92 Å². The molecule has 0 aliphatic carbocycles. The third-order valence-electron chi connectivity index (χ3n) is 3.02. The van der Waals surface area contributed by atoms with E-state index in [2.05, 4.69) is 0 Å². The molecule has 2 rings (SSSR count). The van der Waals surface area contributed by atoms with E-state index in [9.17, 15) is 15.3 Å². The molecule has 4 atom stereocenters. The van der Waals surface area contributed by atoms with Gasteiger partial charge in [-0.25, -0.2) is 0 Å². The van der Waals surface area contributed by atoms with Crippen LogP contribution in [0.4, 0.5) is 0 Å². The lowest BCUT2D eigenvalue weighted by Crippen LogP contribution is -2.54. The molecule has 0 unspecified atom stereocenters. The Hall–Kier alpha value is -1.34. The van der Waals surface area contributed by atoms with Crippen molar-refractivity contribution in [2.75, 3.05) is 13.7 Å². The minimum atomic E-state index is -1.33. The summed E-state index contributed by atoms with van der Waals surface area (Å²) in [5.74, 6) is 0.914. The third-order valence-corrected chi connectivity index (χ3v) is 3.02. The smallest absolute Gasteiger partial charge is 0.229 e. The van der Waals surface area contributed by atoms with Crippen LogP contribution in [0.3, 0.4) is 0 Å². The molecule has 3 N–H and O–H groups in total. The van der Waals surface area contributed by atoms with Gasteiger partial charge in [0.25, 0.3) is 0 Å². The van der Waals surface area contributed by atoms with Gasteiger partial charge in [-0.05, 0) is 24.6 Å². The molecule has 0 radical (unpaired) electrons. The van der Waals surface area contributed by atoms with Crippen LogP contribution in [0.25, 0.3) is 0 Å². The number of ether oxygens (including phenoxy) is 3. The summed E-state index contributed by atoms with van der Waals surface area (Å²) in [6.07, 6.45) is -4.79. The van der Waals surface area contributed by atoms with Crippen molar-refractivity contribution < 1.29 is 29.5 Å². The van der Waals surface area contributed by atoms with E-state index in [0.717, 1.165) is 5.56 Å². The average Bonchev–Trinajstić information content (AvgIpc) is 2.40. The summed E-state index contributed by atoms with van der Waals surface area (Å²) >= 11 is 0. The van der Waals surface area contributed by atoms with Gasteiger partial charge in [0.05, 0.1) is 13.7 Å². The van der Waals surface area contributed by atoms with Crippen molar-refractivity contribution in [2.24, 2.45) is 0 Å². The Bertz CT molecular complexity index is 435. The predicted octanol–water partition coefficient (Wildman–Crippen LogP) is -0.179. The lowest BCUT2D eigenvalue weighted by molar-refractivity contribution is -0.242. The Morgan fingerprint density at radius 1 is 1.16 bits per heavy atom. The molecule has 1 aliphatic heterocycles. The second kappa shape index (κ2) is 5.75. The van der Waals surface area contributed by atoms with Crippen LogP contribution in [-0.2, 0) is 4.74 Å². The van der Waals surface area contributed by atoms with Gasteiger partial charge < -0.3 is 29.5 Å². The lowest BCUT2D eigenvalue weighted by atomic mass is 10.1. The van der Waals surface area contributed by atoms with E-state index in [1.54, 1.807) is 12.1 Å². The van der Waals surface area contributed by atoms with Gasteiger partial charge in [0.1, 0.15) is 18.3 Å². The first-order chi connectivity index (χ1) is 9.02. The molecule has 6 nitrogen and oxygen atoms in total. The number of hydrogen-bond donors (Lipinski definition) is 3. The largest absolute Gasteiger partial charge is 0.493 e. The molecule has 1 aliphatic rings. The summed E-state index contributed by atoms with van der Waals surface area (Å²) < 4.78 is 15.9. The molecule has 6 heteroatoms. The standard InChI is InChI=1S/C13H18O6/c1-7-3-4-9(17-2)10(5-7)19-13-12(16)11(15)8(14)6-18-13/h3-5,8,11-16H,6H2,1-2H3/t8-,11+,12-,13+/m1/s1. The zero-order chi connectivity index (χ0) is 14.0. The maximum absolute atomic E-state index is 9.80. The van der Waals surface area contributed by atoms with Crippen LogP contribution in [0.1, 0.15) is 5.56 Å². The topological polar surface area (TPSA) is 88.4 Å².